The summed E-state index contributed by atoms with van der Waals surface area (Å²) >= 11 is 7.80. The molecular weight excluding hydrogens is 496 g/mol. The van der Waals surface area contributed by atoms with Gasteiger partial charge in [0.05, 0.1) is 36.6 Å². The summed E-state index contributed by atoms with van der Waals surface area (Å²) in [5.41, 5.74) is 3.10. The molecule has 0 fully saturated rings. The van der Waals surface area contributed by atoms with E-state index in [1.807, 2.05) is 70.2 Å². The topological polar surface area (TPSA) is 60.9 Å². The normalized spacial score (nSPS) is 10.9. The van der Waals surface area contributed by atoms with Gasteiger partial charge in [-0.1, -0.05) is 53.3 Å². The predicted octanol–water partition coefficient (Wildman–Crippen LogP) is 7.30. The number of hydrogen-bond acceptors (Lipinski definition) is 6. The number of thiazole rings is 1. The van der Waals surface area contributed by atoms with E-state index in [9.17, 15) is 4.79 Å². The van der Waals surface area contributed by atoms with E-state index in [1.165, 1.54) is 11.3 Å². The highest BCUT2D eigenvalue weighted by Crippen LogP contribution is 2.40. The highest BCUT2D eigenvalue weighted by atomic mass is 35.5. The molecule has 0 N–H and O–H groups in total. The van der Waals surface area contributed by atoms with Gasteiger partial charge < -0.3 is 14.2 Å². The summed E-state index contributed by atoms with van der Waals surface area (Å²) < 4.78 is 18.5. The molecule has 4 aromatic rings. The number of aromatic nitrogens is 1. The highest BCUT2D eigenvalue weighted by Gasteiger charge is 2.26. The van der Waals surface area contributed by atoms with Gasteiger partial charge in [-0.3, -0.25) is 9.69 Å². The molecule has 0 aliphatic carbocycles. The molecule has 8 heteroatoms. The largest absolute Gasteiger partial charge is 0.490 e. The number of anilines is 1. The Kier molecular flexibility index (Phi) is 8.33. The van der Waals surface area contributed by atoms with Gasteiger partial charge in [0.25, 0.3) is 5.91 Å². The third-order valence-corrected chi connectivity index (χ3v) is 7.01. The third kappa shape index (κ3) is 5.42. The fourth-order valence-electron chi connectivity index (χ4n) is 3.86. The lowest BCUT2D eigenvalue weighted by Gasteiger charge is -2.22. The summed E-state index contributed by atoms with van der Waals surface area (Å²) in [5, 5.41) is 1.24. The summed E-state index contributed by atoms with van der Waals surface area (Å²) in [6.45, 7) is 9.26. The maximum Gasteiger partial charge on any atom is 0.260 e. The molecule has 0 saturated carbocycles. The number of carbonyl (C=O) groups excluding carboxylic acids is 1. The second-order valence-electron chi connectivity index (χ2n) is 7.99. The number of hydrogen-bond donors (Lipinski definition) is 0. The lowest BCUT2D eigenvalue weighted by atomic mass is 10.1. The summed E-state index contributed by atoms with van der Waals surface area (Å²) in [6, 6.07) is 17.1. The number of fused-ring (bicyclic) bond motifs is 1. The molecule has 3 aromatic carbocycles. The lowest BCUT2D eigenvalue weighted by molar-refractivity contribution is 0.0984. The van der Waals surface area contributed by atoms with Crippen LogP contribution in [0.25, 0.3) is 10.2 Å². The molecule has 36 heavy (non-hydrogen) atoms. The second-order valence-corrected chi connectivity index (χ2v) is 9.41. The monoisotopic (exact) mass is 524 g/mol. The zero-order valence-electron chi connectivity index (χ0n) is 20.8. The van der Waals surface area contributed by atoms with Crippen LogP contribution in [-0.2, 0) is 6.54 Å². The molecule has 188 valence electrons. The van der Waals surface area contributed by atoms with Gasteiger partial charge in [-0.05, 0) is 63.1 Å². The Hall–Kier alpha value is -3.29. The van der Waals surface area contributed by atoms with E-state index in [0.717, 1.165) is 21.3 Å². The van der Waals surface area contributed by atoms with Crippen LogP contribution in [0.5, 0.6) is 17.2 Å². The maximum absolute atomic E-state index is 14.1. The molecule has 0 aliphatic rings. The van der Waals surface area contributed by atoms with Crippen LogP contribution in [0.4, 0.5) is 5.13 Å². The zero-order chi connectivity index (χ0) is 25.7. The fourth-order valence-corrected chi connectivity index (χ4v) is 5.04. The van der Waals surface area contributed by atoms with Gasteiger partial charge in [0.2, 0.25) is 5.75 Å². The summed E-state index contributed by atoms with van der Waals surface area (Å²) in [4.78, 5) is 20.6. The molecule has 1 aromatic heterocycles. The molecule has 6 nitrogen and oxygen atoms in total. The molecular formula is C28H29ClN2O4S. The second kappa shape index (κ2) is 11.6. The van der Waals surface area contributed by atoms with Crippen molar-refractivity contribution in [3.05, 3.63) is 76.3 Å². The third-order valence-electron chi connectivity index (χ3n) is 5.55. The number of rotatable bonds is 10. The summed E-state index contributed by atoms with van der Waals surface area (Å²) in [7, 11) is 0. The molecule has 0 saturated heterocycles. The van der Waals surface area contributed by atoms with Crippen LogP contribution in [0.1, 0.15) is 42.3 Å². The van der Waals surface area contributed by atoms with E-state index < -0.39 is 0 Å². The number of carbonyl (C=O) groups is 1. The Bertz CT molecular complexity index is 1330. The van der Waals surface area contributed by atoms with Gasteiger partial charge in [0, 0.05) is 10.6 Å². The van der Waals surface area contributed by atoms with Gasteiger partial charge in [0.15, 0.2) is 16.6 Å². The standard InChI is InChI=1S/C28H29ClN2O4S/c1-5-33-22-15-20(16-23(34-6-2)26(22)35-7-3)27(32)31(17-19-11-9-8-10-12-19)28-30-25-18(4)21(29)13-14-24(25)36-28/h8-16H,5-7,17H2,1-4H3. The van der Waals surface area contributed by atoms with Gasteiger partial charge in [-0.15, -0.1) is 0 Å². The average Bonchev–Trinajstić information content (AvgIpc) is 3.32. The molecule has 1 heterocycles. The van der Waals surface area contributed by atoms with Crippen LogP contribution in [0.2, 0.25) is 5.02 Å². The van der Waals surface area contributed by atoms with Crippen molar-refractivity contribution in [2.24, 2.45) is 0 Å². The minimum absolute atomic E-state index is 0.216. The number of benzene rings is 3. The van der Waals surface area contributed by atoms with Gasteiger partial charge in [-0.2, -0.15) is 0 Å². The smallest absolute Gasteiger partial charge is 0.260 e. The zero-order valence-corrected chi connectivity index (χ0v) is 22.4. The first kappa shape index (κ1) is 25.8. The fraction of sp³-hybridized carbons (Fsp3) is 0.286. The predicted molar refractivity (Wildman–Crippen MR) is 146 cm³/mol. The molecule has 0 unspecified atom stereocenters. The van der Waals surface area contributed by atoms with Crippen LogP contribution < -0.4 is 19.1 Å². The first-order valence-corrected chi connectivity index (χ1v) is 13.1. The quantitative estimate of drug-likeness (QED) is 0.218. The average molecular weight is 525 g/mol. The molecule has 4 rings (SSSR count). The van der Waals surface area contributed by atoms with Gasteiger partial charge in [-0.25, -0.2) is 4.98 Å². The van der Waals surface area contributed by atoms with Crippen molar-refractivity contribution in [1.82, 2.24) is 4.98 Å². The SMILES string of the molecule is CCOc1cc(C(=O)N(Cc2ccccc2)c2nc3c(C)c(Cl)ccc3s2)cc(OCC)c1OCC. The van der Waals surface area contributed by atoms with Crippen LogP contribution >= 0.6 is 22.9 Å². The van der Waals surface area contributed by atoms with Crippen molar-refractivity contribution in [2.75, 3.05) is 24.7 Å². The number of aryl methyl sites for hydroxylation is 1. The molecule has 0 atom stereocenters. The molecule has 0 spiro atoms. The molecule has 0 bridgehead atoms. The van der Waals surface area contributed by atoms with Crippen LogP contribution in [0, 0.1) is 6.92 Å². The van der Waals surface area contributed by atoms with Crippen LogP contribution in [0.15, 0.2) is 54.6 Å². The van der Waals surface area contributed by atoms with Crippen LogP contribution in [-0.4, -0.2) is 30.7 Å². The minimum atomic E-state index is -0.216. The number of halogens is 1. The molecule has 0 radical (unpaired) electrons. The van der Waals surface area contributed by atoms with Crippen molar-refractivity contribution >= 4 is 44.2 Å². The minimum Gasteiger partial charge on any atom is -0.490 e. The van der Waals surface area contributed by atoms with Crippen molar-refractivity contribution < 1.29 is 19.0 Å². The Morgan fingerprint density at radius 1 is 0.944 bits per heavy atom. The van der Waals surface area contributed by atoms with Crippen molar-refractivity contribution in [2.45, 2.75) is 34.2 Å². The van der Waals surface area contributed by atoms with Crippen molar-refractivity contribution in [3.8, 4) is 17.2 Å². The van der Waals surface area contributed by atoms with E-state index in [2.05, 4.69) is 0 Å². The Balaban J connectivity index is 1.83. The first-order chi connectivity index (χ1) is 17.5. The number of nitrogens with zero attached hydrogens (tertiary/aromatic N) is 2. The Morgan fingerprint density at radius 2 is 1.58 bits per heavy atom. The number of ether oxygens (including phenoxy) is 3. The summed E-state index contributed by atoms with van der Waals surface area (Å²) in [5.74, 6) is 1.23. The van der Waals surface area contributed by atoms with Crippen LogP contribution in [0.3, 0.4) is 0 Å². The van der Waals surface area contributed by atoms with Gasteiger partial charge in [0.1, 0.15) is 0 Å². The Morgan fingerprint density at radius 3 is 2.19 bits per heavy atom. The van der Waals surface area contributed by atoms with E-state index in [1.54, 1.807) is 17.0 Å². The van der Waals surface area contributed by atoms with E-state index in [4.69, 9.17) is 30.8 Å². The Labute approximate surface area is 220 Å². The van der Waals surface area contributed by atoms with Crippen molar-refractivity contribution in [3.63, 3.8) is 0 Å². The highest BCUT2D eigenvalue weighted by molar-refractivity contribution is 7.22. The van der Waals surface area contributed by atoms with Crippen molar-refractivity contribution in [1.29, 1.82) is 0 Å². The van der Waals surface area contributed by atoms with E-state index >= 15 is 0 Å². The molecule has 0 aliphatic heterocycles. The molecule has 1 amide bonds. The lowest BCUT2D eigenvalue weighted by Crippen LogP contribution is -2.30. The number of amides is 1. The first-order valence-electron chi connectivity index (χ1n) is 11.9. The summed E-state index contributed by atoms with van der Waals surface area (Å²) in [6.07, 6.45) is 0. The maximum atomic E-state index is 14.1. The van der Waals surface area contributed by atoms with E-state index in [0.29, 0.717) is 59.3 Å². The van der Waals surface area contributed by atoms with E-state index in [-0.39, 0.29) is 5.91 Å². The van der Waals surface area contributed by atoms with Gasteiger partial charge >= 0.3 is 0 Å².